The minimum atomic E-state index is -0.416. The molecule has 0 aliphatic rings. The lowest BCUT2D eigenvalue weighted by Crippen LogP contribution is -2.08. The first-order valence-corrected chi connectivity index (χ1v) is 7.10. The van der Waals surface area contributed by atoms with Crippen molar-refractivity contribution in [3.8, 4) is 0 Å². The van der Waals surface area contributed by atoms with Crippen LogP contribution in [-0.4, -0.2) is 13.1 Å². The third-order valence-corrected chi connectivity index (χ3v) is 4.06. The van der Waals surface area contributed by atoms with Crippen LogP contribution in [0.2, 0.25) is 0 Å². The van der Waals surface area contributed by atoms with E-state index >= 15 is 0 Å². The highest BCUT2D eigenvalue weighted by atomic mass is 32.1. The average molecular weight is 290 g/mol. The van der Waals surface area contributed by atoms with Gasteiger partial charge in [-0.05, 0) is 43.7 Å². The van der Waals surface area contributed by atoms with E-state index in [0.29, 0.717) is 11.3 Å². The zero-order chi connectivity index (χ0) is 14.7. The van der Waals surface area contributed by atoms with Gasteiger partial charge in [0.15, 0.2) is 0 Å². The molecule has 0 aliphatic carbocycles. The lowest BCUT2D eigenvalue weighted by Gasteiger charge is -2.11. The normalized spacial score (nSPS) is 10.3. The fourth-order valence-electron chi connectivity index (χ4n) is 1.95. The second-order valence-electron chi connectivity index (χ2n) is 4.61. The number of methoxy groups -OCH3 is 1. The molecule has 5 heteroatoms. The Labute approximate surface area is 122 Å². The van der Waals surface area contributed by atoms with Gasteiger partial charge in [-0.3, -0.25) is 0 Å². The molecule has 4 nitrogen and oxygen atoms in total. The maximum atomic E-state index is 11.7. The highest BCUT2D eigenvalue weighted by Crippen LogP contribution is 2.24. The Balaban J connectivity index is 2.19. The topological polar surface area (TPSA) is 64.3 Å². The number of thiophene rings is 1. The van der Waals surface area contributed by atoms with Crippen molar-refractivity contribution in [1.29, 1.82) is 0 Å². The Bertz CT molecular complexity index is 635. The smallest absolute Gasteiger partial charge is 0.340 e. The van der Waals surface area contributed by atoms with Gasteiger partial charge in [0.2, 0.25) is 0 Å². The van der Waals surface area contributed by atoms with Gasteiger partial charge in [0.25, 0.3) is 0 Å². The molecule has 0 unspecified atom stereocenters. The van der Waals surface area contributed by atoms with Crippen molar-refractivity contribution in [3.05, 3.63) is 45.1 Å². The van der Waals surface area contributed by atoms with Crippen LogP contribution in [0.25, 0.3) is 0 Å². The van der Waals surface area contributed by atoms with E-state index in [1.807, 2.05) is 13.0 Å². The monoisotopic (exact) mass is 290 g/mol. The van der Waals surface area contributed by atoms with Gasteiger partial charge in [-0.25, -0.2) is 4.79 Å². The Kier molecular flexibility index (Phi) is 4.29. The highest BCUT2D eigenvalue weighted by molar-refractivity contribution is 7.11. The second kappa shape index (κ2) is 5.96. The van der Waals surface area contributed by atoms with Crippen LogP contribution in [0.15, 0.2) is 24.3 Å². The molecule has 0 aliphatic heterocycles. The predicted molar refractivity (Wildman–Crippen MR) is 83.3 cm³/mol. The van der Waals surface area contributed by atoms with Crippen molar-refractivity contribution in [2.45, 2.75) is 20.4 Å². The summed E-state index contributed by atoms with van der Waals surface area (Å²) < 4.78 is 4.75. The summed E-state index contributed by atoms with van der Waals surface area (Å²) in [4.78, 5) is 14.2. The van der Waals surface area contributed by atoms with Gasteiger partial charge in [0.05, 0.1) is 12.7 Å². The molecule has 0 radical (unpaired) electrons. The van der Waals surface area contributed by atoms with Crippen molar-refractivity contribution in [1.82, 2.24) is 0 Å². The molecule has 106 valence electrons. The molecule has 20 heavy (non-hydrogen) atoms. The number of carbonyl (C=O) groups is 1. The molecule has 2 aromatic rings. The number of hydrogen-bond donors (Lipinski definition) is 2. The summed E-state index contributed by atoms with van der Waals surface area (Å²) in [6.07, 6.45) is 0. The van der Waals surface area contributed by atoms with E-state index in [0.717, 1.165) is 17.8 Å². The SMILES string of the molecule is COC(=O)c1cc(NCc2ccc(C)s2)cc(C)c1N. The summed E-state index contributed by atoms with van der Waals surface area (Å²) in [5.41, 5.74) is 8.50. The maximum absolute atomic E-state index is 11.7. The van der Waals surface area contributed by atoms with E-state index in [2.05, 4.69) is 24.4 Å². The third-order valence-electron chi connectivity index (χ3n) is 3.05. The van der Waals surface area contributed by atoms with E-state index < -0.39 is 5.97 Å². The zero-order valence-electron chi connectivity index (χ0n) is 11.8. The molecule has 0 bridgehead atoms. The molecular formula is C15H18N2O2S. The molecule has 3 N–H and O–H groups in total. The number of nitrogen functional groups attached to an aromatic ring is 1. The number of aryl methyl sites for hydroxylation is 2. The van der Waals surface area contributed by atoms with E-state index in [4.69, 9.17) is 10.5 Å². The summed E-state index contributed by atoms with van der Waals surface area (Å²) in [6, 6.07) is 7.85. The molecule has 0 spiro atoms. The molecule has 2 rings (SSSR count). The molecule has 0 saturated heterocycles. The van der Waals surface area contributed by atoms with Crippen LogP contribution in [0.1, 0.15) is 25.7 Å². The molecule has 1 aromatic carbocycles. The fraction of sp³-hybridized carbons (Fsp3) is 0.267. The molecule has 0 atom stereocenters. The average Bonchev–Trinajstić information content (AvgIpc) is 2.85. The van der Waals surface area contributed by atoms with Crippen molar-refractivity contribution >= 4 is 28.7 Å². The second-order valence-corrected chi connectivity index (χ2v) is 5.98. The van der Waals surface area contributed by atoms with Crippen LogP contribution >= 0.6 is 11.3 Å². The largest absolute Gasteiger partial charge is 0.465 e. The van der Waals surface area contributed by atoms with E-state index in [1.54, 1.807) is 17.4 Å². The summed E-state index contributed by atoms with van der Waals surface area (Å²) in [7, 11) is 1.35. The minimum Gasteiger partial charge on any atom is -0.465 e. The van der Waals surface area contributed by atoms with Crippen LogP contribution in [0.5, 0.6) is 0 Å². The number of esters is 1. The molecule has 0 fully saturated rings. The van der Waals surface area contributed by atoms with Crippen molar-refractivity contribution in [2.75, 3.05) is 18.2 Å². The van der Waals surface area contributed by atoms with E-state index in [9.17, 15) is 4.79 Å². The van der Waals surface area contributed by atoms with Crippen molar-refractivity contribution < 1.29 is 9.53 Å². The number of hydrogen-bond acceptors (Lipinski definition) is 5. The van der Waals surface area contributed by atoms with Crippen molar-refractivity contribution in [2.24, 2.45) is 0 Å². The Morgan fingerprint density at radius 3 is 2.70 bits per heavy atom. The number of ether oxygens (including phenoxy) is 1. The molecule has 1 heterocycles. The first-order valence-electron chi connectivity index (χ1n) is 6.29. The number of nitrogens with two attached hydrogens (primary N) is 1. The third kappa shape index (κ3) is 3.11. The summed E-state index contributed by atoms with van der Waals surface area (Å²) in [5, 5.41) is 3.31. The van der Waals surface area contributed by atoms with Crippen LogP contribution in [0.3, 0.4) is 0 Å². The van der Waals surface area contributed by atoms with Crippen molar-refractivity contribution in [3.63, 3.8) is 0 Å². The van der Waals surface area contributed by atoms with Crippen LogP contribution < -0.4 is 11.1 Å². The van der Waals surface area contributed by atoms with Gasteiger partial charge in [-0.1, -0.05) is 0 Å². The number of nitrogens with one attached hydrogen (secondary N) is 1. The maximum Gasteiger partial charge on any atom is 0.340 e. The van der Waals surface area contributed by atoms with Crippen LogP contribution in [0.4, 0.5) is 11.4 Å². The summed E-state index contributed by atoms with van der Waals surface area (Å²) >= 11 is 1.75. The minimum absolute atomic E-state index is 0.400. The quantitative estimate of drug-likeness (QED) is 0.669. The van der Waals surface area contributed by atoms with Crippen LogP contribution in [0, 0.1) is 13.8 Å². The first-order chi connectivity index (χ1) is 9.51. The standard InChI is InChI=1S/C15H18N2O2S/c1-9-6-11(7-13(14(9)16)15(18)19-3)17-8-12-5-4-10(2)20-12/h4-7,17H,8,16H2,1-3H3. The van der Waals surface area contributed by atoms with Gasteiger partial charge >= 0.3 is 5.97 Å². The Morgan fingerprint density at radius 1 is 1.35 bits per heavy atom. The van der Waals surface area contributed by atoms with E-state index in [1.165, 1.54) is 16.9 Å². The lowest BCUT2D eigenvalue weighted by atomic mass is 10.1. The van der Waals surface area contributed by atoms with Crippen LogP contribution in [-0.2, 0) is 11.3 Å². The van der Waals surface area contributed by atoms with Gasteiger partial charge < -0.3 is 15.8 Å². The predicted octanol–water partition coefficient (Wildman–Crippen LogP) is 3.35. The first kappa shape index (κ1) is 14.4. The molecule has 1 aromatic heterocycles. The summed E-state index contributed by atoms with van der Waals surface area (Å²) in [6.45, 7) is 4.68. The van der Waals surface area contributed by atoms with Gasteiger partial charge in [-0.2, -0.15) is 0 Å². The lowest BCUT2D eigenvalue weighted by molar-refractivity contribution is 0.0602. The molecule has 0 amide bonds. The highest BCUT2D eigenvalue weighted by Gasteiger charge is 2.13. The number of carbonyl (C=O) groups excluding carboxylic acids is 1. The van der Waals surface area contributed by atoms with Gasteiger partial charge in [-0.15, -0.1) is 11.3 Å². The number of rotatable bonds is 4. The summed E-state index contributed by atoms with van der Waals surface area (Å²) in [5.74, 6) is -0.416. The van der Waals surface area contributed by atoms with Gasteiger partial charge in [0.1, 0.15) is 0 Å². The van der Waals surface area contributed by atoms with Gasteiger partial charge in [0, 0.05) is 27.7 Å². The Hall–Kier alpha value is -2.01. The number of benzene rings is 1. The van der Waals surface area contributed by atoms with E-state index in [-0.39, 0.29) is 0 Å². The fourth-order valence-corrected chi connectivity index (χ4v) is 2.78. The molecular weight excluding hydrogens is 272 g/mol. The zero-order valence-corrected chi connectivity index (χ0v) is 12.6. The Morgan fingerprint density at radius 2 is 2.10 bits per heavy atom. The molecule has 0 saturated carbocycles. The number of anilines is 2.